The van der Waals surface area contributed by atoms with Crippen LogP contribution in [0.1, 0.15) is 57.4 Å². The number of amides is 1. The van der Waals surface area contributed by atoms with Gasteiger partial charge in [-0.3, -0.25) is 10.1 Å². The molecule has 2 saturated heterocycles. The lowest BCUT2D eigenvalue weighted by Gasteiger charge is -2.37. The lowest BCUT2D eigenvalue weighted by atomic mass is 9.84. The molecule has 0 aromatic heterocycles. The summed E-state index contributed by atoms with van der Waals surface area (Å²) in [4.78, 5) is 14.7. The number of aliphatic hydroxyl groups excluding tert-OH is 1. The monoisotopic (exact) mass is 469 g/mol. The van der Waals surface area contributed by atoms with Crippen molar-refractivity contribution in [3.63, 3.8) is 0 Å². The fourth-order valence-corrected chi connectivity index (χ4v) is 6.51. The van der Waals surface area contributed by atoms with Crippen molar-refractivity contribution in [2.75, 3.05) is 29.5 Å². The molecule has 0 saturated carbocycles. The Hall–Kier alpha value is -0.990. The van der Waals surface area contributed by atoms with Gasteiger partial charge in [-0.25, -0.2) is 0 Å². The second-order valence-corrected chi connectivity index (χ2v) is 11.2. The van der Waals surface area contributed by atoms with Crippen LogP contribution in [0.4, 0.5) is 5.69 Å². The van der Waals surface area contributed by atoms with E-state index in [1.807, 2.05) is 19.9 Å². The maximum absolute atomic E-state index is 12.4. The van der Waals surface area contributed by atoms with E-state index < -0.39 is 17.4 Å². The molecule has 1 aromatic carbocycles. The highest BCUT2D eigenvalue weighted by atomic mass is 35.5. The Bertz CT molecular complexity index is 773. The second kappa shape index (κ2) is 10.8. The number of carbonyl (C=O) groups excluding carboxylic acids is 1. The SMILES string of the molecule is CCN(c1cc(Cl)cc(C(O)NCC2C(=O)NC(C)CC2C)c1C)C1CC[S+]([O-])CC1. The molecule has 2 aliphatic heterocycles. The number of hydrogen-bond acceptors (Lipinski definition) is 5. The van der Waals surface area contributed by atoms with Crippen LogP contribution in [-0.2, 0) is 16.0 Å². The molecule has 0 radical (unpaired) electrons. The zero-order valence-corrected chi connectivity index (χ0v) is 20.6. The average molecular weight is 470 g/mol. The molecule has 4 unspecified atom stereocenters. The number of carbonyl (C=O) groups is 1. The molecular weight excluding hydrogens is 434 g/mol. The molecule has 8 heteroatoms. The van der Waals surface area contributed by atoms with Crippen LogP contribution in [0.2, 0.25) is 5.02 Å². The maximum atomic E-state index is 12.4. The molecule has 3 N–H and O–H groups in total. The van der Waals surface area contributed by atoms with Gasteiger partial charge in [0.1, 0.15) is 17.7 Å². The molecule has 0 aliphatic carbocycles. The molecule has 31 heavy (non-hydrogen) atoms. The molecule has 3 rings (SSSR count). The Morgan fingerprint density at radius 2 is 2.03 bits per heavy atom. The molecule has 0 bridgehead atoms. The zero-order chi connectivity index (χ0) is 22.7. The van der Waals surface area contributed by atoms with E-state index in [-0.39, 0.29) is 23.8 Å². The maximum Gasteiger partial charge on any atom is 0.224 e. The smallest absolute Gasteiger partial charge is 0.224 e. The van der Waals surface area contributed by atoms with Crippen molar-refractivity contribution >= 4 is 34.4 Å². The first-order chi connectivity index (χ1) is 14.7. The third-order valence-corrected chi connectivity index (χ3v) is 8.40. The van der Waals surface area contributed by atoms with Crippen LogP contribution >= 0.6 is 11.6 Å². The summed E-state index contributed by atoms with van der Waals surface area (Å²) < 4.78 is 11.8. The van der Waals surface area contributed by atoms with Crippen LogP contribution in [0.25, 0.3) is 0 Å². The summed E-state index contributed by atoms with van der Waals surface area (Å²) in [6, 6.07) is 4.28. The van der Waals surface area contributed by atoms with Gasteiger partial charge in [0.25, 0.3) is 0 Å². The molecule has 1 amide bonds. The van der Waals surface area contributed by atoms with Crippen molar-refractivity contribution in [1.82, 2.24) is 10.6 Å². The number of nitrogens with zero attached hydrogens (tertiary/aromatic N) is 1. The number of hydrogen-bond donors (Lipinski definition) is 3. The van der Waals surface area contributed by atoms with Gasteiger partial charge < -0.3 is 19.9 Å². The van der Waals surface area contributed by atoms with Crippen LogP contribution in [0, 0.1) is 18.8 Å². The van der Waals surface area contributed by atoms with Gasteiger partial charge in [0, 0.05) is 54.3 Å². The van der Waals surface area contributed by atoms with E-state index in [4.69, 9.17) is 11.6 Å². The van der Waals surface area contributed by atoms with Crippen LogP contribution < -0.4 is 15.5 Å². The van der Waals surface area contributed by atoms with Crippen molar-refractivity contribution < 1.29 is 14.5 Å². The summed E-state index contributed by atoms with van der Waals surface area (Å²) in [6.45, 7) is 9.46. The number of aliphatic hydroxyl groups is 1. The van der Waals surface area contributed by atoms with E-state index in [0.29, 0.717) is 17.6 Å². The van der Waals surface area contributed by atoms with E-state index in [9.17, 15) is 14.5 Å². The van der Waals surface area contributed by atoms with E-state index >= 15 is 0 Å². The van der Waals surface area contributed by atoms with Gasteiger partial charge in [0.2, 0.25) is 5.91 Å². The number of halogens is 1. The lowest BCUT2D eigenvalue weighted by Crippen LogP contribution is -2.50. The second-order valence-electron chi connectivity index (χ2n) is 9.04. The molecule has 2 aliphatic rings. The van der Waals surface area contributed by atoms with Crippen molar-refractivity contribution in [3.05, 3.63) is 28.3 Å². The van der Waals surface area contributed by atoms with Gasteiger partial charge in [-0.05, 0) is 50.8 Å². The minimum atomic E-state index is -0.908. The van der Waals surface area contributed by atoms with Crippen molar-refractivity contribution in [1.29, 1.82) is 0 Å². The first kappa shape index (κ1) is 24.6. The predicted molar refractivity (Wildman–Crippen MR) is 128 cm³/mol. The average Bonchev–Trinajstić information content (AvgIpc) is 2.71. The summed E-state index contributed by atoms with van der Waals surface area (Å²) in [5.41, 5.74) is 2.73. The van der Waals surface area contributed by atoms with Crippen LogP contribution in [0.15, 0.2) is 12.1 Å². The first-order valence-electron chi connectivity index (χ1n) is 11.3. The van der Waals surface area contributed by atoms with Gasteiger partial charge in [-0.15, -0.1) is 0 Å². The number of anilines is 1. The minimum Gasteiger partial charge on any atom is -0.616 e. The van der Waals surface area contributed by atoms with Crippen molar-refractivity contribution in [2.24, 2.45) is 11.8 Å². The highest BCUT2D eigenvalue weighted by molar-refractivity contribution is 7.91. The van der Waals surface area contributed by atoms with E-state index in [1.54, 1.807) is 6.07 Å². The third kappa shape index (κ3) is 5.88. The Labute approximate surface area is 194 Å². The number of piperidine rings is 1. The highest BCUT2D eigenvalue weighted by Gasteiger charge is 2.33. The number of benzene rings is 1. The van der Waals surface area contributed by atoms with Gasteiger partial charge in [-0.2, -0.15) is 0 Å². The molecule has 6 nitrogen and oxygen atoms in total. The highest BCUT2D eigenvalue weighted by Crippen LogP contribution is 2.34. The zero-order valence-electron chi connectivity index (χ0n) is 19.0. The molecular formula is C23H36ClN3O3S. The Morgan fingerprint density at radius 1 is 1.35 bits per heavy atom. The van der Waals surface area contributed by atoms with E-state index in [1.165, 1.54) is 0 Å². The number of rotatable bonds is 7. The van der Waals surface area contributed by atoms with E-state index in [0.717, 1.165) is 54.1 Å². The fraction of sp³-hybridized carbons (Fsp3) is 0.696. The normalized spacial score (nSPS) is 30.0. The lowest BCUT2D eigenvalue weighted by molar-refractivity contribution is -0.129. The van der Waals surface area contributed by atoms with Crippen molar-refractivity contribution in [3.8, 4) is 0 Å². The third-order valence-electron chi connectivity index (χ3n) is 6.80. The van der Waals surface area contributed by atoms with Gasteiger partial charge >= 0.3 is 0 Å². The van der Waals surface area contributed by atoms with Crippen LogP contribution in [-0.4, -0.2) is 52.2 Å². The van der Waals surface area contributed by atoms with Crippen molar-refractivity contribution in [2.45, 2.75) is 65.3 Å². The Morgan fingerprint density at radius 3 is 2.65 bits per heavy atom. The molecule has 2 heterocycles. The molecule has 4 atom stereocenters. The van der Waals surface area contributed by atoms with E-state index in [2.05, 4.69) is 29.4 Å². The summed E-state index contributed by atoms with van der Waals surface area (Å²) in [6.07, 6.45) is 1.83. The van der Waals surface area contributed by atoms with Gasteiger partial charge in [-0.1, -0.05) is 29.7 Å². The molecule has 174 valence electrons. The summed E-state index contributed by atoms with van der Waals surface area (Å²) in [5.74, 6) is 1.60. The molecule has 2 fully saturated rings. The first-order valence-corrected chi connectivity index (χ1v) is 13.2. The molecule has 0 spiro atoms. The standard InChI is InChI=1S/C23H36ClN3O3S/c1-5-27(18-6-8-31(30)9-7-18)21-12-17(24)11-19(16(21)4)22(28)25-13-20-14(2)10-15(3)26-23(20)29/h11-12,14-15,18,20,22,25,28H,5-10,13H2,1-4H3,(H,26,29). The predicted octanol–water partition coefficient (Wildman–Crippen LogP) is 3.13. The van der Waals surface area contributed by atoms with Gasteiger partial charge in [0.05, 0.1) is 5.92 Å². The molecule has 1 aromatic rings. The number of nitrogens with one attached hydrogen (secondary N) is 2. The largest absolute Gasteiger partial charge is 0.616 e. The summed E-state index contributed by atoms with van der Waals surface area (Å²) in [5, 5.41) is 17.7. The quantitative estimate of drug-likeness (QED) is 0.422. The van der Waals surface area contributed by atoms with Crippen LogP contribution in [0.5, 0.6) is 0 Å². The summed E-state index contributed by atoms with van der Waals surface area (Å²) in [7, 11) is 0. The summed E-state index contributed by atoms with van der Waals surface area (Å²) >= 11 is 5.76. The van der Waals surface area contributed by atoms with Crippen LogP contribution in [0.3, 0.4) is 0 Å². The minimum absolute atomic E-state index is 0.0429. The Kier molecular flexibility index (Phi) is 8.55. The van der Waals surface area contributed by atoms with Gasteiger partial charge in [0.15, 0.2) is 0 Å². The Balaban J connectivity index is 1.75. The fourth-order valence-electron chi connectivity index (χ4n) is 5.02. The topological polar surface area (TPSA) is 87.7 Å².